The quantitative estimate of drug-likeness (QED) is 0.889. The molecule has 120 valence electrons. The number of fused-ring (bicyclic) bond motifs is 2. The second kappa shape index (κ2) is 6.60. The lowest BCUT2D eigenvalue weighted by atomic mass is 9.95. The average Bonchev–Trinajstić information content (AvgIpc) is 2.97. The fourth-order valence-corrected chi connectivity index (χ4v) is 3.19. The highest BCUT2D eigenvalue weighted by atomic mass is 35.5. The van der Waals surface area contributed by atoms with Crippen molar-refractivity contribution >= 4 is 18.3 Å². The maximum absolute atomic E-state index is 12.5. The van der Waals surface area contributed by atoms with Crippen molar-refractivity contribution in [2.75, 3.05) is 6.61 Å². The van der Waals surface area contributed by atoms with E-state index in [1.54, 1.807) is 0 Å². The summed E-state index contributed by atoms with van der Waals surface area (Å²) in [6, 6.07) is 15.9. The van der Waals surface area contributed by atoms with Crippen molar-refractivity contribution in [2.45, 2.75) is 25.0 Å². The number of nitrogens with one attached hydrogen (secondary N) is 2. The number of halogens is 1. The van der Waals surface area contributed by atoms with E-state index in [-0.39, 0.29) is 30.4 Å². The van der Waals surface area contributed by atoms with Crippen molar-refractivity contribution < 1.29 is 9.53 Å². The van der Waals surface area contributed by atoms with Gasteiger partial charge in [-0.15, -0.1) is 12.4 Å². The summed E-state index contributed by atoms with van der Waals surface area (Å²) < 4.78 is 5.62. The van der Waals surface area contributed by atoms with E-state index in [0.29, 0.717) is 6.61 Å². The molecule has 0 saturated heterocycles. The average molecular weight is 331 g/mol. The van der Waals surface area contributed by atoms with Crippen LogP contribution >= 0.6 is 12.4 Å². The normalized spacial score (nSPS) is 21.4. The number of carbonyl (C=O) groups excluding carboxylic acids is 1. The standard InChI is InChI=1S/C18H18N2O2.ClH/c21-18(15-9-12-5-1-2-6-13(12)10-19-15)20-16-11-22-17-8-4-3-7-14(16)17;/h1-8,15-16,19H,9-11H2,(H,20,21);1H. The first-order valence-corrected chi connectivity index (χ1v) is 7.63. The van der Waals surface area contributed by atoms with Gasteiger partial charge in [0.15, 0.2) is 0 Å². The van der Waals surface area contributed by atoms with Gasteiger partial charge in [0.05, 0.1) is 12.1 Å². The molecule has 0 bridgehead atoms. The summed E-state index contributed by atoms with van der Waals surface area (Å²) in [6.07, 6.45) is 0.733. The van der Waals surface area contributed by atoms with Gasteiger partial charge in [-0.3, -0.25) is 4.79 Å². The Hall–Kier alpha value is -2.04. The van der Waals surface area contributed by atoms with Crippen LogP contribution in [-0.4, -0.2) is 18.6 Å². The monoisotopic (exact) mass is 330 g/mol. The van der Waals surface area contributed by atoms with Crippen LogP contribution in [0.1, 0.15) is 22.7 Å². The highest BCUT2D eigenvalue weighted by Gasteiger charge is 2.29. The van der Waals surface area contributed by atoms with Crippen molar-refractivity contribution in [1.82, 2.24) is 10.6 Å². The smallest absolute Gasteiger partial charge is 0.238 e. The molecule has 4 nitrogen and oxygen atoms in total. The molecule has 2 aromatic rings. The maximum atomic E-state index is 12.5. The molecular formula is C18H19ClN2O2. The van der Waals surface area contributed by atoms with E-state index in [0.717, 1.165) is 24.3 Å². The molecule has 2 aromatic carbocycles. The molecule has 2 aliphatic heterocycles. The molecule has 4 rings (SSSR count). The van der Waals surface area contributed by atoms with E-state index in [2.05, 4.69) is 22.8 Å². The summed E-state index contributed by atoms with van der Waals surface area (Å²) in [6.45, 7) is 1.25. The van der Waals surface area contributed by atoms with Gasteiger partial charge < -0.3 is 15.4 Å². The Bertz CT molecular complexity index is 720. The number of para-hydroxylation sites is 1. The van der Waals surface area contributed by atoms with E-state index < -0.39 is 0 Å². The highest BCUT2D eigenvalue weighted by molar-refractivity contribution is 5.85. The molecule has 0 fully saturated rings. The number of benzene rings is 2. The minimum Gasteiger partial charge on any atom is -0.491 e. The summed E-state index contributed by atoms with van der Waals surface area (Å²) in [5.41, 5.74) is 3.60. The molecule has 2 heterocycles. The molecule has 2 unspecified atom stereocenters. The molecule has 0 aromatic heterocycles. The molecule has 2 N–H and O–H groups in total. The summed E-state index contributed by atoms with van der Waals surface area (Å²) in [5.74, 6) is 0.912. The SMILES string of the molecule is Cl.O=C(NC1COc2ccccc21)C1Cc2ccccc2CN1. The fourth-order valence-electron chi connectivity index (χ4n) is 3.19. The highest BCUT2D eigenvalue weighted by Crippen LogP contribution is 2.31. The first-order chi connectivity index (χ1) is 10.8. The van der Waals surface area contributed by atoms with Gasteiger partial charge in [-0.2, -0.15) is 0 Å². The molecule has 23 heavy (non-hydrogen) atoms. The Morgan fingerprint density at radius 3 is 2.70 bits per heavy atom. The molecule has 2 atom stereocenters. The van der Waals surface area contributed by atoms with Crippen LogP contribution < -0.4 is 15.4 Å². The summed E-state index contributed by atoms with van der Waals surface area (Å²) in [5, 5.41) is 6.43. The number of ether oxygens (including phenoxy) is 1. The van der Waals surface area contributed by atoms with Gasteiger partial charge in [-0.1, -0.05) is 42.5 Å². The molecule has 5 heteroatoms. The van der Waals surface area contributed by atoms with E-state index >= 15 is 0 Å². The second-order valence-corrected chi connectivity index (χ2v) is 5.82. The Morgan fingerprint density at radius 2 is 1.83 bits per heavy atom. The van der Waals surface area contributed by atoms with Crippen LogP contribution in [0.4, 0.5) is 0 Å². The summed E-state index contributed by atoms with van der Waals surface area (Å²) >= 11 is 0. The van der Waals surface area contributed by atoms with Crippen LogP contribution in [-0.2, 0) is 17.8 Å². The van der Waals surface area contributed by atoms with Crippen molar-refractivity contribution in [1.29, 1.82) is 0 Å². The molecule has 1 amide bonds. The maximum Gasteiger partial charge on any atom is 0.238 e. The third-order valence-corrected chi connectivity index (χ3v) is 4.41. The molecule has 0 radical (unpaired) electrons. The topological polar surface area (TPSA) is 50.4 Å². The van der Waals surface area contributed by atoms with Crippen molar-refractivity contribution in [3.63, 3.8) is 0 Å². The number of rotatable bonds is 2. The molecular weight excluding hydrogens is 312 g/mol. The zero-order valence-corrected chi connectivity index (χ0v) is 13.4. The number of hydrogen-bond acceptors (Lipinski definition) is 3. The zero-order valence-electron chi connectivity index (χ0n) is 12.6. The van der Waals surface area contributed by atoms with Gasteiger partial charge in [0.1, 0.15) is 12.4 Å². The van der Waals surface area contributed by atoms with Crippen LogP contribution in [0.3, 0.4) is 0 Å². The predicted octanol–water partition coefficient (Wildman–Crippen LogP) is 2.37. The largest absolute Gasteiger partial charge is 0.491 e. The van der Waals surface area contributed by atoms with Crippen LogP contribution in [0, 0.1) is 0 Å². The lowest BCUT2D eigenvalue weighted by Crippen LogP contribution is -2.48. The van der Waals surface area contributed by atoms with E-state index in [9.17, 15) is 4.79 Å². The Balaban J connectivity index is 0.00000156. The van der Waals surface area contributed by atoms with Crippen molar-refractivity contribution in [3.05, 3.63) is 65.2 Å². The van der Waals surface area contributed by atoms with Gasteiger partial charge in [0, 0.05) is 12.1 Å². The number of carbonyl (C=O) groups is 1. The van der Waals surface area contributed by atoms with Gasteiger partial charge in [0.2, 0.25) is 5.91 Å². The summed E-state index contributed by atoms with van der Waals surface area (Å²) in [4.78, 5) is 12.5. The van der Waals surface area contributed by atoms with Crippen LogP contribution in [0.15, 0.2) is 48.5 Å². The third kappa shape index (κ3) is 3.05. The van der Waals surface area contributed by atoms with E-state index in [4.69, 9.17) is 4.74 Å². The number of amides is 1. The van der Waals surface area contributed by atoms with Gasteiger partial charge in [-0.25, -0.2) is 0 Å². The lowest BCUT2D eigenvalue weighted by Gasteiger charge is -2.26. The van der Waals surface area contributed by atoms with Crippen molar-refractivity contribution in [3.8, 4) is 5.75 Å². The molecule has 0 spiro atoms. The van der Waals surface area contributed by atoms with Gasteiger partial charge in [0.25, 0.3) is 0 Å². The molecule has 2 aliphatic rings. The van der Waals surface area contributed by atoms with E-state index in [1.165, 1.54) is 11.1 Å². The summed E-state index contributed by atoms with van der Waals surface area (Å²) in [7, 11) is 0. The molecule has 0 saturated carbocycles. The first-order valence-electron chi connectivity index (χ1n) is 7.63. The zero-order chi connectivity index (χ0) is 14.9. The van der Waals surface area contributed by atoms with Crippen molar-refractivity contribution in [2.24, 2.45) is 0 Å². The Morgan fingerprint density at radius 1 is 1.09 bits per heavy atom. The minimum atomic E-state index is -0.178. The van der Waals surface area contributed by atoms with Crippen LogP contribution in [0.5, 0.6) is 5.75 Å². The molecule has 0 aliphatic carbocycles. The Labute approximate surface area is 141 Å². The minimum absolute atomic E-state index is 0. The van der Waals surface area contributed by atoms with Crippen LogP contribution in [0.2, 0.25) is 0 Å². The fraction of sp³-hybridized carbons (Fsp3) is 0.278. The van der Waals surface area contributed by atoms with Gasteiger partial charge in [-0.05, 0) is 23.6 Å². The Kier molecular flexibility index (Phi) is 4.55. The van der Waals surface area contributed by atoms with E-state index in [1.807, 2.05) is 36.4 Å². The lowest BCUT2D eigenvalue weighted by molar-refractivity contribution is -0.124. The third-order valence-electron chi connectivity index (χ3n) is 4.41. The predicted molar refractivity (Wildman–Crippen MR) is 90.8 cm³/mol. The number of hydrogen-bond donors (Lipinski definition) is 2. The van der Waals surface area contributed by atoms with Gasteiger partial charge >= 0.3 is 0 Å². The second-order valence-electron chi connectivity index (χ2n) is 5.82. The first kappa shape index (κ1) is 15.8. The van der Waals surface area contributed by atoms with Crippen LogP contribution in [0.25, 0.3) is 0 Å².